The lowest BCUT2D eigenvalue weighted by Gasteiger charge is -2.33. The van der Waals surface area contributed by atoms with Crippen LogP contribution in [-0.4, -0.2) is 5.54 Å². The number of allylic oxidation sites excluding steroid dienone is 1. The van der Waals surface area contributed by atoms with E-state index in [1.165, 1.54) is 19.3 Å². The summed E-state index contributed by atoms with van der Waals surface area (Å²) in [5, 5.41) is 3.33. The molecular weight excluding hydrogens is 299 g/mol. The number of rotatable bonds is 2. The van der Waals surface area contributed by atoms with Crippen molar-refractivity contribution in [3.8, 4) is 9.85 Å². The molecule has 0 unspecified atom stereocenters. The van der Waals surface area contributed by atoms with Crippen molar-refractivity contribution in [2.24, 2.45) is 0 Å². The molecule has 1 aliphatic rings. The third kappa shape index (κ3) is 3.76. The lowest BCUT2D eigenvalue weighted by Crippen LogP contribution is -2.42. The highest BCUT2D eigenvalue weighted by Gasteiger charge is 2.28. The van der Waals surface area contributed by atoms with Gasteiger partial charge in [-0.15, -0.1) is 0 Å². The highest BCUT2D eigenvalue weighted by Crippen LogP contribution is 2.27. The van der Waals surface area contributed by atoms with E-state index < -0.39 is 0 Å². The lowest BCUT2D eigenvalue weighted by atomic mass is 9.82. The highest BCUT2D eigenvalue weighted by atomic mass is 127. The van der Waals surface area contributed by atoms with Crippen LogP contribution in [0.2, 0.25) is 0 Å². The van der Waals surface area contributed by atoms with Gasteiger partial charge in [0.2, 0.25) is 0 Å². The molecule has 0 spiro atoms. The van der Waals surface area contributed by atoms with Gasteiger partial charge in [-0.2, -0.15) is 0 Å². The van der Waals surface area contributed by atoms with E-state index in [2.05, 4.69) is 42.6 Å². The Morgan fingerprint density at radius 3 is 2.67 bits per heavy atom. The molecule has 3 heteroatoms. The van der Waals surface area contributed by atoms with Crippen molar-refractivity contribution >= 4 is 22.6 Å². The Labute approximate surface area is 105 Å². The third-order valence-electron chi connectivity index (χ3n) is 2.73. The van der Waals surface area contributed by atoms with Crippen LogP contribution in [0.15, 0.2) is 11.9 Å². The molecule has 1 aliphatic carbocycles. The minimum Gasteiger partial charge on any atom is -0.385 e. The maximum Gasteiger partial charge on any atom is 0.177 e. The van der Waals surface area contributed by atoms with Crippen LogP contribution in [0.4, 0.5) is 0 Å². The largest absolute Gasteiger partial charge is 0.385 e. The van der Waals surface area contributed by atoms with E-state index in [9.17, 15) is 0 Å². The molecule has 0 bridgehead atoms. The highest BCUT2D eigenvalue weighted by molar-refractivity contribution is 14.1. The summed E-state index contributed by atoms with van der Waals surface area (Å²) in [4.78, 5) is 3.36. The zero-order chi connectivity index (χ0) is 11.1. The molecule has 0 atom stereocenters. The van der Waals surface area contributed by atoms with E-state index in [-0.39, 0.29) is 5.54 Å². The van der Waals surface area contributed by atoms with E-state index in [1.54, 1.807) is 6.20 Å². The fraction of sp³-hybridized carbons (Fsp3) is 0.583. The number of nitrogens with zero attached hydrogens (tertiary/aromatic N) is 1. The van der Waals surface area contributed by atoms with E-state index in [4.69, 9.17) is 6.57 Å². The number of hydrogen-bond acceptors (Lipinski definition) is 1. The second kappa shape index (κ2) is 6.02. The summed E-state index contributed by atoms with van der Waals surface area (Å²) in [6.45, 7) is 8.68. The van der Waals surface area contributed by atoms with Gasteiger partial charge in [0.05, 0.1) is 12.1 Å². The zero-order valence-corrected chi connectivity index (χ0v) is 11.1. The Morgan fingerprint density at radius 2 is 2.13 bits per heavy atom. The molecule has 0 radical (unpaired) electrons. The molecular formula is C12H15IN2. The Hall–Kier alpha value is -0.680. The summed E-state index contributed by atoms with van der Waals surface area (Å²) in [7, 11) is 0. The van der Waals surface area contributed by atoms with Gasteiger partial charge in [-0.1, -0.05) is 25.2 Å². The van der Waals surface area contributed by atoms with Crippen LogP contribution < -0.4 is 5.32 Å². The topological polar surface area (TPSA) is 16.4 Å². The van der Waals surface area contributed by atoms with Crippen LogP contribution in [0, 0.1) is 16.4 Å². The summed E-state index contributed by atoms with van der Waals surface area (Å²) in [6, 6.07) is 0. The van der Waals surface area contributed by atoms with Crippen LogP contribution >= 0.6 is 22.6 Å². The first-order chi connectivity index (χ1) is 7.22. The molecule has 1 rings (SSSR count). The summed E-state index contributed by atoms with van der Waals surface area (Å²) < 4.78 is 2.97. The minimum atomic E-state index is -0.0780. The molecule has 0 amide bonds. The molecule has 0 aliphatic heterocycles. The molecule has 80 valence electrons. The Morgan fingerprint density at radius 1 is 1.47 bits per heavy atom. The second-order valence-corrected chi connectivity index (χ2v) is 4.44. The van der Waals surface area contributed by atoms with Gasteiger partial charge in [0.1, 0.15) is 0 Å². The maximum atomic E-state index is 6.87. The molecule has 0 heterocycles. The molecule has 2 nitrogen and oxygen atoms in total. The molecule has 0 aromatic rings. The lowest BCUT2D eigenvalue weighted by molar-refractivity contribution is 0.330. The second-order valence-electron chi connectivity index (χ2n) is 3.90. The Balaban J connectivity index is 2.72. The molecule has 0 saturated heterocycles. The van der Waals surface area contributed by atoms with Crippen LogP contribution in [-0.2, 0) is 0 Å². The van der Waals surface area contributed by atoms with E-state index >= 15 is 0 Å². The van der Waals surface area contributed by atoms with Gasteiger partial charge in [-0.05, 0) is 29.9 Å². The quantitative estimate of drug-likeness (QED) is 0.469. The summed E-state index contributed by atoms with van der Waals surface area (Å²) >= 11 is 2.08. The van der Waals surface area contributed by atoms with Crippen molar-refractivity contribution in [2.45, 2.75) is 44.6 Å². The number of hydrogen-bond donors (Lipinski definition) is 1. The summed E-state index contributed by atoms with van der Waals surface area (Å²) in [6.07, 6.45) is 7.74. The van der Waals surface area contributed by atoms with Gasteiger partial charge in [0.25, 0.3) is 0 Å². The number of nitrogens with one attached hydrogen (secondary N) is 1. The first-order valence-electron chi connectivity index (χ1n) is 5.17. The summed E-state index contributed by atoms with van der Waals surface area (Å²) in [5.74, 6) is 3.26. The van der Waals surface area contributed by atoms with Crippen molar-refractivity contribution in [3.63, 3.8) is 0 Å². The van der Waals surface area contributed by atoms with Crippen LogP contribution in [0.1, 0.15) is 39.0 Å². The van der Waals surface area contributed by atoms with Gasteiger partial charge in [0.15, 0.2) is 5.70 Å². The smallest absolute Gasteiger partial charge is 0.177 e. The van der Waals surface area contributed by atoms with Crippen LogP contribution in [0.25, 0.3) is 4.85 Å². The van der Waals surface area contributed by atoms with Gasteiger partial charge in [-0.3, -0.25) is 0 Å². The minimum absolute atomic E-state index is 0.0780. The van der Waals surface area contributed by atoms with Crippen molar-refractivity contribution in [1.82, 2.24) is 5.32 Å². The third-order valence-corrected chi connectivity index (χ3v) is 3.00. The van der Waals surface area contributed by atoms with Gasteiger partial charge < -0.3 is 5.32 Å². The monoisotopic (exact) mass is 314 g/mol. The van der Waals surface area contributed by atoms with Crippen LogP contribution in [0.5, 0.6) is 0 Å². The molecule has 0 aromatic carbocycles. The Bertz CT molecular complexity index is 335. The normalized spacial score (nSPS) is 19.7. The molecule has 1 fully saturated rings. The predicted molar refractivity (Wildman–Crippen MR) is 71.1 cm³/mol. The van der Waals surface area contributed by atoms with Gasteiger partial charge in [0, 0.05) is 22.6 Å². The van der Waals surface area contributed by atoms with Crippen molar-refractivity contribution in [1.29, 1.82) is 0 Å². The van der Waals surface area contributed by atoms with Crippen molar-refractivity contribution in [2.75, 3.05) is 0 Å². The molecule has 0 aromatic heterocycles. The molecule has 15 heavy (non-hydrogen) atoms. The maximum absolute atomic E-state index is 6.87. The fourth-order valence-electron chi connectivity index (χ4n) is 1.83. The zero-order valence-electron chi connectivity index (χ0n) is 8.94. The van der Waals surface area contributed by atoms with Gasteiger partial charge >= 0.3 is 0 Å². The molecule has 1 saturated carbocycles. The predicted octanol–water partition coefficient (Wildman–Crippen LogP) is 3.46. The fourth-order valence-corrected chi connectivity index (χ4v) is 2.34. The van der Waals surface area contributed by atoms with Crippen molar-refractivity contribution < 1.29 is 0 Å². The van der Waals surface area contributed by atoms with Gasteiger partial charge in [-0.25, -0.2) is 4.85 Å². The van der Waals surface area contributed by atoms with E-state index in [0.29, 0.717) is 5.70 Å². The van der Waals surface area contributed by atoms with Crippen molar-refractivity contribution in [3.05, 3.63) is 23.3 Å². The first-order valence-corrected chi connectivity index (χ1v) is 6.25. The van der Waals surface area contributed by atoms with E-state index in [1.807, 2.05) is 6.92 Å². The Kier molecular flexibility index (Phi) is 4.98. The average molecular weight is 314 g/mol. The average Bonchev–Trinajstić information content (AvgIpc) is 2.28. The summed E-state index contributed by atoms with van der Waals surface area (Å²) in [5.41, 5.74) is 0.612. The standard InChI is InChI=1S/C12H15IN2/c1-11(14-2)10-15-12(8-9-13)6-4-3-5-7-12/h10,15H,3-7H2,1H3/b11-10-. The first kappa shape index (κ1) is 12.4. The van der Waals surface area contributed by atoms with E-state index in [0.717, 1.165) is 12.8 Å². The number of halogens is 1. The SMILES string of the molecule is [C-]#[N+]/C(C)=C\NC1(C#CI)CCCCC1. The molecule has 1 N–H and O–H groups in total. The van der Waals surface area contributed by atoms with Crippen LogP contribution in [0.3, 0.4) is 0 Å².